The van der Waals surface area contributed by atoms with Gasteiger partial charge in [-0.15, -0.1) is 0 Å². The standard InChI is InChI=1S/C16H19ClN2O2/c1-3-21-13-6-4-12(5-7-13)19-16-9-14(17)11(10-20-2)8-15(16)18/h4-9,19H,3,10,18H2,1-2H3. The molecule has 0 aliphatic carbocycles. The third-order valence-corrected chi connectivity index (χ3v) is 3.31. The SMILES string of the molecule is CCOc1ccc(Nc2cc(Cl)c(COC)cc2N)cc1. The minimum absolute atomic E-state index is 0.437. The first-order valence-corrected chi connectivity index (χ1v) is 7.08. The third kappa shape index (κ3) is 4.03. The second kappa shape index (κ2) is 7.20. The van der Waals surface area contributed by atoms with Crippen molar-refractivity contribution in [3.8, 4) is 5.75 Å². The van der Waals surface area contributed by atoms with Crippen molar-refractivity contribution in [2.24, 2.45) is 0 Å². The number of hydrogen-bond acceptors (Lipinski definition) is 4. The maximum atomic E-state index is 6.22. The van der Waals surface area contributed by atoms with Crippen LogP contribution >= 0.6 is 11.6 Å². The monoisotopic (exact) mass is 306 g/mol. The Bertz CT molecular complexity index is 600. The maximum absolute atomic E-state index is 6.22. The smallest absolute Gasteiger partial charge is 0.119 e. The predicted molar refractivity (Wildman–Crippen MR) is 87.5 cm³/mol. The Balaban J connectivity index is 2.17. The molecule has 112 valence electrons. The summed E-state index contributed by atoms with van der Waals surface area (Å²) < 4.78 is 10.5. The van der Waals surface area contributed by atoms with E-state index in [4.69, 9.17) is 26.8 Å². The molecule has 0 unspecified atom stereocenters. The number of nitrogens with two attached hydrogens (primary N) is 1. The third-order valence-electron chi connectivity index (χ3n) is 2.96. The van der Waals surface area contributed by atoms with Gasteiger partial charge in [-0.25, -0.2) is 0 Å². The zero-order chi connectivity index (χ0) is 15.2. The van der Waals surface area contributed by atoms with Crippen LogP contribution in [0.4, 0.5) is 17.1 Å². The number of anilines is 3. The lowest BCUT2D eigenvalue weighted by atomic mass is 10.1. The molecule has 2 rings (SSSR count). The molecular weight excluding hydrogens is 288 g/mol. The summed E-state index contributed by atoms with van der Waals surface area (Å²) in [6, 6.07) is 11.3. The normalized spacial score (nSPS) is 10.4. The summed E-state index contributed by atoms with van der Waals surface area (Å²) in [4.78, 5) is 0. The molecule has 3 N–H and O–H groups in total. The molecule has 0 aromatic heterocycles. The van der Waals surface area contributed by atoms with Crippen LogP contribution in [0.1, 0.15) is 12.5 Å². The number of benzene rings is 2. The molecule has 0 atom stereocenters. The van der Waals surface area contributed by atoms with Crippen molar-refractivity contribution in [3.63, 3.8) is 0 Å². The van der Waals surface area contributed by atoms with Crippen molar-refractivity contribution in [2.75, 3.05) is 24.8 Å². The van der Waals surface area contributed by atoms with E-state index in [1.807, 2.05) is 43.3 Å². The molecule has 0 bridgehead atoms. The molecule has 21 heavy (non-hydrogen) atoms. The summed E-state index contributed by atoms with van der Waals surface area (Å²) in [5.74, 6) is 0.837. The van der Waals surface area contributed by atoms with E-state index in [2.05, 4.69) is 5.32 Å². The average Bonchev–Trinajstić information content (AvgIpc) is 2.47. The Morgan fingerprint density at radius 2 is 1.90 bits per heavy atom. The lowest BCUT2D eigenvalue weighted by molar-refractivity contribution is 0.185. The van der Waals surface area contributed by atoms with Crippen molar-refractivity contribution in [2.45, 2.75) is 13.5 Å². The highest BCUT2D eigenvalue weighted by atomic mass is 35.5. The van der Waals surface area contributed by atoms with Gasteiger partial charge in [0.25, 0.3) is 0 Å². The van der Waals surface area contributed by atoms with E-state index in [1.54, 1.807) is 7.11 Å². The summed E-state index contributed by atoms with van der Waals surface area (Å²) in [6.45, 7) is 3.04. The van der Waals surface area contributed by atoms with Crippen LogP contribution in [-0.4, -0.2) is 13.7 Å². The van der Waals surface area contributed by atoms with Gasteiger partial charge >= 0.3 is 0 Å². The minimum atomic E-state index is 0.437. The first kappa shape index (κ1) is 15.5. The zero-order valence-electron chi connectivity index (χ0n) is 12.2. The highest BCUT2D eigenvalue weighted by Gasteiger charge is 2.07. The van der Waals surface area contributed by atoms with E-state index in [9.17, 15) is 0 Å². The summed E-state index contributed by atoms with van der Waals surface area (Å²) in [5, 5.41) is 3.87. The minimum Gasteiger partial charge on any atom is -0.494 e. The van der Waals surface area contributed by atoms with Crippen LogP contribution in [-0.2, 0) is 11.3 Å². The lowest BCUT2D eigenvalue weighted by Crippen LogP contribution is -1.99. The first-order valence-electron chi connectivity index (χ1n) is 6.70. The van der Waals surface area contributed by atoms with Gasteiger partial charge in [0.05, 0.1) is 24.6 Å². The Morgan fingerprint density at radius 1 is 1.19 bits per heavy atom. The number of ether oxygens (including phenoxy) is 2. The van der Waals surface area contributed by atoms with Crippen LogP contribution in [0.5, 0.6) is 5.75 Å². The number of rotatable bonds is 6. The Morgan fingerprint density at radius 3 is 2.52 bits per heavy atom. The van der Waals surface area contributed by atoms with Gasteiger partial charge < -0.3 is 20.5 Å². The molecule has 0 amide bonds. The topological polar surface area (TPSA) is 56.5 Å². The molecule has 2 aromatic carbocycles. The largest absolute Gasteiger partial charge is 0.494 e. The quantitative estimate of drug-likeness (QED) is 0.785. The van der Waals surface area contributed by atoms with Gasteiger partial charge in [0.2, 0.25) is 0 Å². The van der Waals surface area contributed by atoms with E-state index in [0.717, 1.165) is 22.7 Å². The van der Waals surface area contributed by atoms with Crippen molar-refractivity contribution >= 4 is 28.7 Å². The summed E-state index contributed by atoms with van der Waals surface area (Å²) in [6.07, 6.45) is 0. The van der Waals surface area contributed by atoms with Gasteiger partial charge in [-0.05, 0) is 48.9 Å². The molecule has 0 saturated carbocycles. The molecule has 2 aromatic rings. The summed E-state index contributed by atoms with van der Waals surface area (Å²) >= 11 is 6.22. The van der Waals surface area contributed by atoms with E-state index < -0.39 is 0 Å². The van der Waals surface area contributed by atoms with Gasteiger partial charge in [0.15, 0.2) is 0 Å². The molecule has 0 heterocycles. The second-order valence-corrected chi connectivity index (χ2v) is 4.95. The van der Waals surface area contributed by atoms with E-state index in [0.29, 0.717) is 23.9 Å². The van der Waals surface area contributed by atoms with Gasteiger partial charge in [0, 0.05) is 17.8 Å². The molecule has 5 heteroatoms. The number of halogens is 1. The van der Waals surface area contributed by atoms with Gasteiger partial charge in [-0.2, -0.15) is 0 Å². The van der Waals surface area contributed by atoms with Crippen molar-refractivity contribution in [3.05, 3.63) is 47.0 Å². The van der Waals surface area contributed by atoms with E-state index >= 15 is 0 Å². The van der Waals surface area contributed by atoms with Crippen LogP contribution in [0.15, 0.2) is 36.4 Å². The van der Waals surface area contributed by atoms with Gasteiger partial charge in [-0.3, -0.25) is 0 Å². The van der Waals surface area contributed by atoms with Crippen molar-refractivity contribution in [1.29, 1.82) is 0 Å². The maximum Gasteiger partial charge on any atom is 0.119 e. The van der Waals surface area contributed by atoms with Crippen LogP contribution in [0.2, 0.25) is 5.02 Å². The first-order chi connectivity index (χ1) is 10.1. The van der Waals surface area contributed by atoms with Crippen LogP contribution < -0.4 is 15.8 Å². The zero-order valence-corrected chi connectivity index (χ0v) is 12.9. The fourth-order valence-electron chi connectivity index (χ4n) is 1.97. The van der Waals surface area contributed by atoms with E-state index in [1.165, 1.54) is 0 Å². The lowest BCUT2D eigenvalue weighted by Gasteiger charge is -2.13. The van der Waals surface area contributed by atoms with Crippen LogP contribution in [0.25, 0.3) is 0 Å². The average molecular weight is 307 g/mol. The van der Waals surface area contributed by atoms with Gasteiger partial charge in [-0.1, -0.05) is 11.6 Å². The van der Waals surface area contributed by atoms with Crippen molar-refractivity contribution < 1.29 is 9.47 Å². The molecule has 0 radical (unpaired) electrons. The van der Waals surface area contributed by atoms with Crippen LogP contribution in [0, 0.1) is 0 Å². The van der Waals surface area contributed by atoms with Crippen LogP contribution in [0.3, 0.4) is 0 Å². The summed E-state index contributed by atoms with van der Waals surface area (Å²) in [5.41, 5.74) is 9.22. The molecule has 0 spiro atoms. The molecule has 0 aliphatic heterocycles. The molecular formula is C16H19ClN2O2. The molecule has 0 fully saturated rings. The molecule has 4 nitrogen and oxygen atoms in total. The number of nitrogen functional groups attached to an aromatic ring is 1. The Labute approximate surface area is 129 Å². The van der Waals surface area contributed by atoms with Crippen molar-refractivity contribution in [1.82, 2.24) is 0 Å². The highest BCUT2D eigenvalue weighted by Crippen LogP contribution is 2.30. The number of methoxy groups -OCH3 is 1. The van der Waals surface area contributed by atoms with Gasteiger partial charge in [0.1, 0.15) is 5.75 Å². The second-order valence-electron chi connectivity index (χ2n) is 4.55. The fraction of sp³-hybridized carbons (Fsp3) is 0.250. The Kier molecular flexibility index (Phi) is 5.31. The molecule has 0 saturated heterocycles. The summed E-state index contributed by atoms with van der Waals surface area (Å²) in [7, 11) is 1.62. The van der Waals surface area contributed by atoms with E-state index in [-0.39, 0.29) is 0 Å². The fourth-order valence-corrected chi connectivity index (χ4v) is 2.19. The number of hydrogen-bond donors (Lipinski definition) is 2. The molecule has 0 aliphatic rings. The Hall–Kier alpha value is -1.91. The highest BCUT2D eigenvalue weighted by molar-refractivity contribution is 6.31. The number of nitrogens with one attached hydrogen (secondary N) is 1. The predicted octanol–water partition coefficient (Wildman–Crippen LogP) is 4.21.